The van der Waals surface area contributed by atoms with Gasteiger partial charge in [-0.2, -0.15) is 0 Å². The quantitative estimate of drug-likeness (QED) is 0.691. The Morgan fingerprint density at radius 3 is 3.07 bits per heavy atom. The molecule has 0 saturated heterocycles. The molecule has 15 heavy (non-hydrogen) atoms. The van der Waals surface area contributed by atoms with Gasteiger partial charge in [-0.25, -0.2) is 4.40 Å². The smallest absolute Gasteiger partial charge is 0.183 e. The van der Waals surface area contributed by atoms with Crippen LogP contribution in [0.4, 0.5) is 0 Å². The highest BCUT2D eigenvalue weighted by molar-refractivity contribution is 7.98. The van der Waals surface area contributed by atoms with Crippen LogP contribution in [0, 0.1) is 5.92 Å². The minimum atomic E-state index is 0.295. The Balaban J connectivity index is 1.78. The van der Waals surface area contributed by atoms with Gasteiger partial charge in [0, 0.05) is 17.9 Å². The molecule has 0 N–H and O–H groups in total. The first-order chi connectivity index (χ1) is 7.29. The van der Waals surface area contributed by atoms with Crippen molar-refractivity contribution in [3.8, 4) is 0 Å². The summed E-state index contributed by atoms with van der Waals surface area (Å²) in [6.45, 7) is 5.17. The van der Waals surface area contributed by atoms with Crippen molar-refractivity contribution >= 4 is 23.6 Å². The van der Waals surface area contributed by atoms with Crippen LogP contribution in [-0.2, 0) is 4.74 Å². The lowest BCUT2D eigenvalue weighted by molar-refractivity contribution is 0.198. The largest absolute Gasteiger partial charge is 0.476 e. The lowest BCUT2D eigenvalue weighted by atomic mass is 9.97. The molecule has 0 aliphatic carbocycles. The van der Waals surface area contributed by atoms with Gasteiger partial charge >= 0.3 is 0 Å². The number of nitrogens with zero attached hydrogens (tertiary/aromatic N) is 2. The highest BCUT2D eigenvalue weighted by Crippen LogP contribution is 2.24. The van der Waals surface area contributed by atoms with Gasteiger partial charge in [-0.05, 0) is 30.7 Å². The Labute approximate surface area is 95.5 Å². The molecule has 2 aliphatic heterocycles. The topological polar surface area (TPSA) is 34.0 Å². The summed E-state index contributed by atoms with van der Waals surface area (Å²) in [7, 11) is 0. The lowest BCUT2D eigenvalue weighted by Crippen LogP contribution is -2.20. The van der Waals surface area contributed by atoms with Crippen LogP contribution in [0.2, 0.25) is 0 Å². The Hall–Kier alpha value is -0.510. The second kappa shape index (κ2) is 5.01. The predicted octanol–water partition coefficient (Wildman–Crippen LogP) is 2.71. The van der Waals surface area contributed by atoms with E-state index in [0.717, 1.165) is 37.5 Å². The van der Waals surface area contributed by atoms with E-state index in [2.05, 4.69) is 23.2 Å². The zero-order valence-electron chi connectivity index (χ0n) is 9.40. The molecule has 0 amide bonds. The second-order valence-electron chi connectivity index (χ2n) is 4.13. The van der Waals surface area contributed by atoms with Crippen molar-refractivity contribution in [3.05, 3.63) is 0 Å². The molecule has 0 saturated carbocycles. The number of hydrogen-bond donors (Lipinski definition) is 0. The molecule has 0 spiro atoms. The molecule has 3 nitrogen and oxygen atoms in total. The molecule has 2 aliphatic rings. The molecule has 2 rings (SSSR count). The predicted molar refractivity (Wildman–Crippen MR) is 65.8 cm³/mol. The average molecular weight is 226 g/mol. The zero-order chi connectivity index (χ0) is 10.7. The van der Waals surface area contributed by atoms with Gasteiger partial charge in [0.1, 0.15) is 6.10 Å². The van der Waals surface area contributed by atoms with Gasteiger partial charge in [0.2, 0.25) is 0 Å². The van der Waals surface area contributed by atoms with Crippen LogP contribution in [0.15, 0.2) is 9.39 Å². The van der Waals surface area contributed by atoms with E-state index in [4.69, 9.17) is 4.74 Å². The summed E-state index contributed by atoms with van der Waals surface area (Å²) < 4.78 is 10.2. The maximum Gasteiger partial charge on any atom is 0.183 e. The highest BCUT2D eigenvalue weighted by atomic mass is 32.2. The normalized spacial score (nSPS) is 27.2. The van der Waals surface area contributed by atoms with E-state index >= 15 is 0 Å². The Kier molecular flexibility index (Phi) is 3.67. The first-order valence-electron chi connectivity index (χ1n) is 5.68. The average Bonchev–Trinajstić information content (AvgIpc) is 2.87. The van der Waals surface area contributed by atoms with Crippen LogP contribution in [0.3, 0.4) is 0 Å². The van der Waals surface area contributed by atoms with E-state index in [1.807, 2.05) is 0 Å². The Morgan fingerprint density at radius 1 is 1.60 bits per heavy atom. The van der Waals surface area contributed by atoms with Crippen molar-refractivity contribution in [2.75, 3.05) is 12.3 Å². The van der Waals surface area contributed by atoms with Gasteiger partial charge in [0.05, 0.1) is 6.54 Å². The Bertz CT molecular complexity index is 288. The molecule has 0 fully saturated rings. The first kappa shape index (κ1) is 11.0. The fourth-order valence-electron chi connectivity index (χ4n) is 1.98. The molecule has 2 unspecified atom stereocenters. The summed E-state index contributed by atoms with van der Waals surface area (Å²) in [6.07, 6.45) is 3.43. The van der Waals surface area contributed by atoms with E-state index in [1.165, 1.54) is 5.71 Å². The minimum Gasteiger partial charge on any atom is -0.476 e. The molecule has 2 heterocycles. The summed E-state index contributed by atoms with van der Waals surface area (Å²) in [6, 6.07) is 0. The van der Waals surface area contributed by atoms with Gasteiger partial charge in [-0.15, -0.1) is 0 Å². The molecule has 4 heteroatoms. The van der Waals surface area contributed by atoms with Crippen molar-refractivity contribution < 1.29 is 4.74 Å². The van der Waals surface area contributed by atoms with Crippen LogP contribution >= 0.6 is 11.9 Å². The maximum atomic E-state index is 5.73. The SMILES string of the molecule is CCC1=NCC(CC(C)C2=NSCC2)O1. The van der Waals surface area contributed by atoms with Crippen LogP contribution in [-0.4, -0.2) is 30.0 Å². The second-order valence-corrected chi connectivity index (χ2v) is 4.98. The van der Waals surface area contributed by atoms with E-state index < -0.39 is 0 Å². The standard InChI is InChI=1S/C11H18N2OS/c1-3-11-12-7-9(14-11)6-8(2)10-4-5-15-13-10/h8-9H,3-7H2,1-2H3. The van der Waals surface area contributed by atoms with Crippen molar-refractivity contribution in [1.82, 2.24) is 0 Å². The number of rotatable bonds is 4. The fourth-order valence-corrected chi connectivity index (χ4v) is 2.81. The molecule has 84 valence electrons. The summed E-state index contributed by atoms with van der Waals surface area (Å²) in [5.41, 5.74) is 1.36. The van der Waals surface area contributed by atoms with E-state index in [9.17, 15) is 0 Å². The molecular weight excluding hydrogens is 208 g/mol. The monoisotopic (exact) mass is 226 g/mol. The van der Waals surface area contributed by atoms with E-state index in [-0.39, 0.29) is 0 Å². The van der Waals surface area contributed by atoms with Crippen molar-refractivity contribution in [2.24, 2.45) is 15.3 Å². The van der Waals surface area contributed by atoms with E-state index in [1.54, 1.807) is 11.9 Å². The summed E-state index contributed by atoms with van der Waals surface area (Å²) in [5, 5.41) is 0. The Morgan fingerprint density at radius 2 is 2.47 bits per heavy atom. The molecule has 0 radical (unpaired) electrons. The van der Waals surface area contributed by atoms with Crippen LogP contribution in [0.1, 0.15) is 33.1 Å². The van der Waals surface area contributed by atoms with Gasteiger partial charge in [-0.1, -0.05) is 13.8 Å². The molecule has 0 aromatic carbocycles. The van der Waals surface area contributed by atoms with Crippen LogP contribution in [0.5, 0.6) is 0 Å². The van der Waals surface area contributed by atoms with Crippen LogP contribution in [0.25, 0.3) is 0 Å². The van der Waals surface area contributed by atoms with Gasteiger partial charge < -0.3 is 4.74 Å². The summed E-state index contributed by atoms with van der Waals surface area (Å²) >= 11 is 1.69. The fraction of sp³-hybridized carbons (Fsp3) is 0.818. The van der Waals surface area contributed by atoms with Crippen molar-refractivity contribution in [1.29, 1.82) is 0 Å². The molecule has 0 aromatic rings. The number of aliphatic imine (C=N–C) groups is 1. The molecule has 0 aromatic heterocycles. The van der Waals surface area contributed by atoms with Crippen LogP contribution < -0.4 is 0 Å². The van der Waals surface area contributed by atoms with Crippen molar-refractivity contribution in [2.45, 2.75) is 39.2 Å². The number of ether oxygens (including phenoxy) is 1. The summed E-state index contributed by atoms with van der Waals surface area (Å²) in [4.78, 5) is 4.36. The third-order valence-corrected chi connectivity index (χ3v) is 3.64. The number of hydrogen-bond acceptors (Lipinski definition) is 4. The molecule has 2 atom stereocenters. The molecule has 0 bridgehead atoms. The first-order valence-corrected chi connectivity index (χ1v) is 6.62. The van der Waals surface area contributed by atoms with Gasteiger partial charge in [0.15, 0.2) is 5.90 Å². The third-order valence-electron chi connectivity index (χ3n) is 2.89. The maximum absolute atomic E-state index is 5.73. The van der Waals surface area contributed by atoms with E-state index in [0.29, 0.717) is 12.0 Å². The highest BCUT2D eigenvalue weighted by Gasteiger charge is 2.24. The van der Waals surface area contributed by atoms with Crippen molar-refractivity contribution in [3.63, 3.8) is 0 Å². The summed E-state index contributed by atoms with van der Waals surface area (Å²) in [5.74, 6) is 2.63. The molecular formula is C11H18N2OS. The minimum absolute atomic E-state index is 0.295. The zero-order valence-corrected chi connectivity index (χ0v) is 10.2. The van der Waals surface area contributed by atoms with Gasteiger partial charge in [-0.3, -0.25) is 4.99 Å². The third kappa shape index (κ3) is 2.74. The lowest BCUT2D eigenvalue weighted by Gasteiger charge is -2.16. The van der Waals surface area contributed by atoms with Gasteiger partial charge in [0.25, 0.3) is 0 Å².